The van der Waals surface area contributed by atoms with Crippen LogP contribution in [0.2, 0.25) is 0 Å². The second kappa shape index (κ2) is 6.12. The van der Waals surface area contributed by atoms with E-state index in [1.807, 2.05) is 37.3 Å². The van der Waals surface area contributed by atoms with Gasteiger partial charge in [0.1, 0.15) is 5.69 Å². The van der Waals surface area contributed by atoms with Gasteiger partial charge in [-0.25, -0.2) is 0 Å². The van der Waals surface area contributed by atoms with Crippen molar-refractivity contribution >= 4 is 0 Å². The number of pyridine rings is 1. The zero-order valence-electron chi connectivity index (χ0n) is 12.7. The molecule has 3 rings (SSSR count). The number of likely N-dealkylation sites (N-methyl/N-ethyl adjacent to an activating group) is 1. The fourth-order valence-electron chi connectivity index (χ4n) is 3.07. The molecule has 4 atom stereocenters. The molecule has 1 aliphatic carbocycles. The Morgan fingerprint density at radius 1 is 1.32 bits per heavy atom. The summed E-state index contributed by atoms with van der Waals surface area (Å²) in [5.41, 5.74) is 1.66. The highest BCUT2D eigenvalue weighted by Gasteiger charge is 2.42. The minimum absolute atomic E-state index is 0.0266. The van der Waals surface area contributed by atoms with Gasteiger partial charge in [-0.3, -0.25) is 9.67 Å². The summed E-state index contributed by atoms with van der Waals surface area (Å²) in [5, 5.41) is 28.6. The lowest BCUT2D eigenvalue weighted by Gasteiger charge is -2.22. The largest absolute Gasteiger partial charge is 0.390 e. The zero-order chi connectivity index (χ0) is 15.7. The second-order valence-corrected chi connectivity index (χ2v) is 6.08. The van der Waals surface area contributed by atoms with E-state index < -0.39 is 12.2 Å². The van der Waals surface area contributed by atoms with Crippen LogP contribution in [-0.4, -0.2) is 67.4 Å². The predicted molar refractivity (Wildman–Crippen MR) is 80.8 cm³/mol. The lowest BCUT2D eigenvalue weighted by Crippen LogP contribution is -2.39. The molecule has 2 aromatic rings. The Morgan fingerprint density at radius 2 is 2.14 bits per heavy atom. The maximum absolute atomic E-state index is 10.2. The van der Waals surface area contributed by atoms with Gasteiger partial charge in [0.2, 0.25) is 0 Å². The first kappa shape index (κ1) is 15.1. The molecule has 22 heavy (non-hydrogen) atoms. The van der Waals surface area contributed by atoms with Crippen molar-refractivity contribution in [2.75, 3.05) is 14.1 Å². The van der Waals surface area contributed by atoms with E-state index in [1.54, 1.807) is 17.1 Å². The number of hydrogen-bond acceptors (Lipinski definition) is 6. The Labute approximate surface area is 129 Å². The van der Waals surface area contributed by atoms with Crippen LogP contribution in [0.15, 0.2) is 30.7 Å². The summed E-state index contributed by atoms with van der Waals surface area (Å²) >= 11 is 0. The van der Waals surface area contributed by atoms with Crippen molar-refractivity contribution in [1.82, 2.24) is 24.9 Å². The Bertz CT molecular complexity index is 615. The summed E-state index contributed by atoms with van der Waals surface area (Å²) in [6.07, 6.45) is 4.58. The summed E-state index contributed by atoms with van der Waals surface area (Å²) in [6, 6.07) is 3.76. The van der Waals surface area contributed by atoms with Crippen LogP contribution in [0.1, 0.15) is 6.42 Å². The average Bonchev–Trinajstić information content (AvgIpc) is 3.09. The van der Waals surface area contributed by atoms with Crippen molar-refractivity contribution in [3.05, 3.63) is 30.7 Å². The highest BCUT2D eigenvalue weighted by molar-refractivity contribution is 5.55. The molecule has 0 aromatic carbocycles. The predicted octanol–water partition coefficient (Wildman–Crippen LogP) is 0.0120. The fraction of sp³-hybridized carbons (Fsp3) is 0.533. The van der Waals surface area contributed by atoms with Crippen LogP contribution in [0.25, 0.3) is 11.3 Å². The van der Waals surface area contributed by atoms with E-state index >= 15 is 0 Å². The molecule has 0 saturated heterocycles. The standard InChI is InChI=1S/C15H21N5O2/c1-19(2)13-6-11(14(21)15(13)22)8-20-9-12(17-18-20)10-4-3-5-16-7-10/h3-5,7,9,11,13-15,21-22H,6,8H2,1-2H3/t11-,13-,14-,15+/m1/s1. The number of aliphatic hydroxyl groups excluding tert-OH is 2. The van der Waals surface area contributed by atoms with E-state index in [9.17, 15) is 10.2 Å². The van der Waals surface area contributed by atoms with Crippen molar-refractivity contribution in [3.8, 4) is 11.3 Å². The Balaban J connectivity index is 1.71. The van der Waals surface area contributed by atoms with Gasteiger partial charge in [-0.15, -0.1) is 5.10 Å². The molecule has 1 saturated carbocycles. The summed E-state index contributed by atoms with van der Waals surface area (Å²) in [7, 11) is 3.83. The third-order valence-electron chi connectivity index (χ3n) is 4.35. The van der Waals surface area contributed by atoms with Gasteiger partial charge < -0.3 is 15.1 Å². The van der Waals surface area contributed by atoms with Crippen molar-refractivity contribution in [2.24, 2.45) is 5.92 Å². The molecular formula is C15H21N5O2. The van der Waals surface area contributed by atoms with Crippen LogP contribution in [0.3, 0.4) is 0 Å². The third kappa shape index (κ3) is 2.87. The number of nitrogens with zero attached hydrogens (tertiary/aromatic N) is 5. The summed E-state index contributed by atoms with van der Waals surface area (Å²) in [5.74, 6) is -0.0363. The third-order valence-corrected chi connectivity index (χ3v) is 4.35. The summed E-state index contributed by atoms with van der Waals surface area (Å²) in [6.45, 7) is 0.538. The van der Waals surface area contributed by atoms with Crippen molar-refractivity contribution in [3.63, 3.8) is 0 Å². The molecule has 0 spiro atoms. The van der Waals surface area contributed by atoms with Crippen molar-refractivity contribution < 1.29 is 10.2 Å². The topological polar surface area (TPSA) is 87.3 Å². The lowest BCUT2D eigenvalue weighted by molar-refractivity contribution is -0.00569. The van der Waals surface area contributed by atoms with E-state index in [1.165, 1.54) is 0 Å². The zero-order valence-corrected chi connectivity index (χ0v) is 12.7. The van der Waals surface area contributed by atoms with E-state index in [-0.39, 0.29) is 12.0 Å². The molecule has 0 radical (unpaired) electrons. The molecular weight excluding hydrogens is 282 g/mol. The van der Waals surface area contributed by atoms with Crippen LogP contribution in [-0.2, 0) is 6.54 Å². The van der Waals surface area contributed by atoms with E-state index in [0.29, 0.717) is 6.54 Å². The van der Waals surface area contributed by atoms with Gasteiger partial charge in [-0.2, -0.15) is 0 Å². The molecule has 118 valence electrons. The first-order valence-corrected chi connectivity index (χ1v) is 7.39. The molecule has 1 aliphatic rings. The smallest absolute Gasteiger partial charge is 0.114 e. The average molecular weight is 303 g/mol. The highest BCUT2D eigenvalue weighted by atomic mass is 16.3. The Morgan fingerprint density at radius 3 is 2.77 bits per heavy atom. The molecule has 0 bridgehead atoms. The van der Waals surface area contributed by atoms with Crippen LogP contribution in [0.4, 0.5) is 0 Å². The van der Waals surface area contributed by atoms with Crippen LogP contribution in [0.5, 0.6) is 0 Å². The fourth-order valence-corrected chi connectivity index (χ4v) is 3.07. The molecule has 0 aliphatic heterocycles. The molecule has 0 unspecified atom stereocenters. The Hall–Kier alpha value is -1.83. The maximum Gasteiger partial charge on any atom is 0.114 e. The van der Waals surface area contributed by atoms with Gasteiger partial charge in [0.25, 0.3) is 0 Å². The van der Waals surface area contributed by atoms with E-state index in [0.717, 1.165) is 17.7 Å². The number of aromatic nitrogens is 4. The monoisotopic (exact) mass is 303 g/mol. The van der Waals surface area contributed by atoms with Gasteiger partial charge >= 0.3 is 0 Å². The van der Waals surface area contributed by atoms with Gasteiger partial charge in [-0.05, 0) is 32.6 Å². The van der Waals surface area contributed by atoms with Gasteiger partial charge in [0.05, 0.1) is 18.4 Å². The second-order valence-electron chi connectivity index (χ2n) is 6.08. The van der Waals surface area contributed by atoms with E-state index in [4.69, 9.17) is 0 Å². The van der Waals surface area contributed by atoms with Gasteiger partial charge in [0, 0.05) is 36.5 Å². The molecule has 1 fully saturated rings. The number of rotatable bonds is 4. The number of hydrogen-bond donors (Lipinski definition) is 2. The summed E-state index contributed by atoms with van der Waals surface area (Å²) in [4.78, 5) is 6.02. The SMILES string of the molecule is CN(C)[C@@H]1C[C@H](Cn2cc(-c3cccnc3)nn2)[C@@H](O)[C@H]1O. The minimum Gasteiger partial charge on any atom is -0.390 e. The van der Waals surface area contributed by atoms with Crippen LogP contribution < -0.4 is 0 Å². The number of aliphatic hydroxyl groups is 2. The first-order chi connectivity index (χ1) is 10.6. The Kier molecular flexibility index (Phi) is 4.19. The quantitative estimate of drug-likeness (QED) is 0.827. The minimum atomic E-state index is -0.738. The summed E-state index contributed by atoms with van der Waals surface area (Å²) < 4.78 is 1.72. The highest BCUT2D eigenvalue weighted by Crippen LogP contribution is 2.30. The van der Waals surface area contributed by atoms with Crippen molar-refractivity contribution in [1.29, 1.82) is 0 Å². The van der Waals surface area contributed by atoms with Gasteiger partial charge in [-0.1, -0.05) is 5.21 Å². The molecule has 2 N–H and O–H groups in total. The molecule has 7 heteroatoms. The van der Waals surface area contributed by atoms with Crippen molar-refractivity contribution in [2.45, 2.75) is 31.2 Å². The van der Waals surface area contributed by atoms with Gasteiger partial charge in [0.15, 0.2) is 0 Å². The maximum atomic E-state index is 10.2. The molecule has 7 nitrogen and oxygen atoms in total. The van der Waals surface area contributed by atoms with Crippen LogP contribution in [0, 0.1) is 5.92 Å². The lowest BCUT2D eigenvalue weighted by atomic mass is 10.1. The first-order valence-electron chi connectivity index (χ1n) is 7.39. The molecule has 2 aromatic heterocycles. The molecule has 2 heterocycles. The molecule has 0 amide bonds. The normalized spacial score (nSPS) is 28.4. The van der Waals surface area contributed by atoms with Crippen LogP contribution >= 0.6 is 0 Å². The van der Waals surface area contributed by atoms with E-state index in [2.05, 4.69) is 15.3 Å².